The van der Waals surface area contributed by atoms with Crippen LogP contribution in [0.25, 0.3) is 0 Å². The van der Waals surface area contributed by atoms with Crippen LogP contribution in [-0.2, 0) is 4.74 Å². The molecule has 1 atom stereocenters. The summed E-state index contributed by atoms with van der Waals surface area (Å²) in [5.74, 6) is 0. The summed E-state index contributed by atoms with van der Waals surface area (Å²) in [6, 6.07) is 0.735. The summed E-state index contributed by atoms with van der Waals surface area (Å²) >= 11 is 3.57. The molecule has 0 aromatic heterocycles. The second-order valence-electron chi connectivity index (χ2n) is 4.95. The maximum atomic E-state index is 5.73. The summed E-state index contributed by atoms with van der Waals surface area (Å²) in [6.07, 6.45) is 2.67. The minimum absolute atomic E-state index is 0.00359. The minimum Gasteiger partial charge on any atom is -0.375 e. The number of likely N-dealkylation sites (tertiary alicyclic amines) is 1. The summed E-state index contributed by atoms with van der Waals surface area (Å²) in [4.78, 5) is 2.53. The Kier molecular flexibility index (Phi) is 4.88. The van der Waals surface area contributed by atoms with E-state index >= 15 is 0 Å². The van der Waals surface area contributed by atoms with Crippen LogP contribution < -0.4 is 0 Å². The standard InChI is InChI=1S/C11H22BrNO/c1-11(2,3)14-8-7-13-6-4-5-10(13)9-12/h10H,4-9H2,1-3H3. The van der Waals surface area contributed by atoms with Gasteiger partial charge in [0.25, 0.3) is 0 Å². The number of hydrogen-bond acceptors (Lipinski definition) is 2. The van der Waals surface area contributed by atoms with Crippen molar-refractivity contribution in [1.82, 2.24) is 4.90 Å². The summed E-state index contributed by atoms with van der Waals surface area (Å²) in [6.45, 7) is 9.50. The van der Waals surface area contributed by atoms with Crippen LogP contribution >= 0.6 is 15.9 Å². The molecule has 1 saturated heterocycles. The first kappa shape index (κ1) is 12.5. The lowest BCUT2D eigenvalue weighted by atomic mass is 10.2. The van der Waals surface area contributed by atoms with Crippen molar-refractivity contribution in [2.24, 2.45) is 0 Å². The molecule has 0 aromatic carbocycles. The smallest absolute Gasteiger partial charge is 0.0600 e. The van der Waals surface area contributed by atoms with Crippen LogP contribution in [0, 0.1) is 0 Å². The Labute approximate surface area is 96.1 Å². The van der Waals surface area contributed by atoms with Gasteiger partial charge in [-0.05, 0) is 40.2 Å². The maximum absolute atomic E-state index is 5.73. The number of rotatable bonds is 4. The Morgan fingerprint density at radius 3 is 2.71 bits per heavy atom. The minimum atomic E-state index is 0.00359. The Balaban J connectivity index is 2.18. The highest BCUT2D eigenvalue weighted by Crippen LogP contribution is 2.18. The molecule has 2 nitrogen and oxygen atoms in total. The van der Waals surface area contributed by atoms with Crippen LogP contribution in [0.1, 0.15) is 33.6 Å². The van der Waals surface area contributed by atoms with Crippen molar-refractivity contribution in [2.75, 3.05) is 25.0 Å². The predicted molar refractivity (Wildman–Crippen MR) is 64.1 cm³/mol. The molecule has 0 N–H and O–H groups in total. The lowest BCUT2D eigenvalue weighted by Crippen LogP contribution is -2.35. The monoisotopic (exact) mass is 263 g/mol. The summed E-state index contributed by atoms with van der Waals surface area (Å²) in [7, 11) is 0. The molecule has 14 heavy (non-hydrogen) atoms. The highest BCUT2D eigenvalue weighted by Gasteiger charge is 2.23. The Morgan fingerprint density at radius 1 is 1.43 bits per heavy atom. The molecule has 0 spiro atoms. The molecule has 1 rings (SSSR count). The topological polar surface area (TPSA) is 12.5 Å². The number of halogens is 1. The van der Waals surface area contributed by atoms with E-state index in [4.69, 9.17) is 4.74 Å². The highest BCUT2D eigenvalue weighted by atomic mass is 79.9. The van der Waals surface area contributed by atoms with Crippen LogP contribution in [0.3, 0.4) is 0 Å². The van der Waals surface area contributed by atoms with Gasteiger partial charge in [-0.3, -0.25) is 4.90 Å². The van der Waals surface area contributed by atoms with Crippen molar-refractivity contribution in [3.05, 3.63) is 0 Å². The van der Waals surface area contributed by atoms with E-state index in [-0.39, 0.29) is 5.60 Å². The molecule has 0 aromatic rings. The van der Waals surface area contributed by atoms with E-state index in [0.29, 0.717) is 0 Å². The van der Waals surface area contributed by atoms with Gasteiger partial charge in [-0.15, -0.1) is 0 Å². The molecule has 84 valence electrons. The molecule has 0 saturated carbocycles. The molecule has 1 heterocycles. The molecule has 1 aliphatic rings. The molecule has 1 fully saturated rings. The zero-order valence-electron chi connectivity index (χ0n) is 9.55. The first-order valence-corrected chi connectivity index (χ1v) is 6.59. The number of alkyl halides is 1. The van der Waals surface area contributed by atoms with E-state index in [9.17, 15) is 0 Å². The molecule has 3 heteroatoms. The summed E-state index contributed by atoms with van der Waals surface area (Å²) < 4.78 is 5.73. The molecule has 0 radical (unpaired) electrons. The lowest BCUT2D eigenvalue weighted by molar-refractivity contribution is -0.0135. The Morgan fingerprint density at radius 2 is 2.14 bits per heavy atom. The molecule has 0 bridgehead atoms. The normalized spacial score (nSPS) is 24.4. The highest BCUT2D eigenvalue weighted by molar-refractivity contribution is 9.09. The molecule has 0 aliphatic carbocycles. The van der Waals surface area contributed by atoms with Gasteiger partial charge in [0.2, 0.25) is 0 Å². The van der Waals surface area contributed by atoms with Gasteiger partial charge in [0.1, 0.15) is 0 Å². The van der Waals surface area contributed by atoms with Gasteiger partial charge in [0.15, 0.2) is 0 Å². The molecular formula is C11H22BrNO. The quantitative estimate of drug-likeness (QED) is 0.724. The van der Waals surface area contributed by atoms with E-state index in [2.05, 4.69) is 41.6 Å². The van der Waals surface area contributed by atoms with Crippen molar-refractivity contribution in [3.8, 4) is 0 Å². The van der Waals surface area contributed by atoms with E-state index < -0.39 is 0 Å². The van der Waals surface area contributed by atoms with Crippen molar-refractivity contribution >= 4 is 15.9 Å². The first-order chi connectivity index (χ1) is 6.53. The summed E-state index contributed by atoms with van der Waals surface area (Å²) in [5, 5.41) is 1.10. The van der Waals surface area contributed by atoms with Crippen LogP contribution in [0.2, 0.25) is 0 Å². The zero-order valence-corrected chi connectivity index (χ0v) is 11.1. The fourth-order valence-corrected chi connectivity index (χ4v) is 2.57. The van der Waals surface area contributed by atoms with E-state index in [1.807, 2.05) is 0 Å². The van der Waals surface area contributed by atoms with Gasteiger partial charge >= 0.3 is 0 Å². The van der Waals surface area contributed by atoms with Crippen LogP contribution in [0.15, 0.2) is 0 Å². The summed E-state index contributed by atoms with van der Waals surface area (Å²) in [5.41, 5.74) is 0.00359. The van der Waals surface area contributed by atoms with Gasteiger partial charge in [-0.2, -0.15) is 0 Å². The second kappa shape index (κ2) is 5.47. The lowest BCUT2D eigenvalue weighted by Gasteiger charge is -2.25. The molecule has 1 unspecified atom stereocenters. The molecule has 0 amide bonds. The third kappa shape index (κ3) is 4.28. The predicted octanol–water partition coefficient (Wildman–Crippen LogP) is 2.66. The van der Waals surface area contributed by atoms with Crippen LogP contribution in [0.4, 0.5) is 0 Å². The first-order valence-electron chi connectivity index (χ1n) is 5.47. The molecular weight excluding hydrogens is 242 g/mol. The maximum Gasteiger partial charge on any atom is 0.0600 e. The van der Waals surface area contributed by atoms with E-state index in [1.165, 1.54) is 19.4 Å². The van der Waals surface area contributed by atoms with Crippen molar-refractivity contribution in [3.63, 3.8) is 0 Å². The van der Waals surface area contributed by atoms with Crippen LogP contribution in [-0.4, -0.2) is 41.6 Å². The van der Waals surface area contributed by atoms with Crippen molar-refractivity contribution < 1.29 is 4.74 Å². The Hall–Kier alpha value is 0.400. The average Bonchev–Trinajstić information content (AvgIpc) is 2.49. The van der Waals surface area contributed by atoms with Crippen molar-refractivity contribution in [2.45, 2.75) is 45.3 Å². The third-order valence-corrected chi connectivity index (χ3v) is 3.34. The van der Waals surface area contributed by atoms with Gasteiger partial charge in [-0.25, -0.2) is 0 Å². The zero-order chi connectivity index (χ0) is 10.6. The SMILES string of the molecule is CC(C)(C)OCCN1CCCC1CBr. The van der Waals surface area contributed by atoms with Gasteiger partial charge in [0, 0.05) is 17.9 Å². The largest absolute Gasteiger partial charge is 0.375 e. The van der Waals surface area contributed by atoms with Crippen molar-refractivity contribution in [1.29, 1.82) is 0 Å². The fourth-order valence-electron chi connectivity index (χ4n) is 1.83. The third-order valence-electron chi connectivity index (χ3n) is 2.59. The van der Waals surface area contributed by atoms with Crippen LogP contribution in [0.5, 0.6) is 0 Å². The van der Waals surface area contributed by atoms with Gasteiger partial charge in [0.05, 0.1) is 12.2 Å². The second-order valence-corrected chi connectivity index (χ2v) is 5.59. The Bertz CT molecular complexity index is 167. The average molecular weight is 264 g/mol. The number of nitrogens with zero attached hydrogens (tertiary/aromatic N) is 1. The van der Waals surface area contributed by atoms with Gasteiger partial charge < -0.3 is 4.74 Å². The van der Waals surface area contributed by atoms with E-state index in [0.717, 1.165) is 24.5 Å². The number of ether oxygens (including phenoxy) is 1. The number of hydrogen-bond donors (Lipinski definition) is 0. The van der Waals surface area contributed by atoms with Gasteiger partial charge in [-0.1, -0.05) is 15.9 Å². The molecule has 1 aliphatic heterocycles. The fraction of sp³-hybridized carbons (Fsp3) is 1.00. The van der Waals surface area contributed by atoms with E-state index in [1.54, 1.807) is 0 Å².